The highest BCUT2D eigenvalue weighted by Crippen LogP contribution is 2.28. The average molecular weight is 207 g/mol. The highest BCUT2D eigenvalue weighted by atomic mass is 16.5. The van der Waals surface area contributed by atoms with Gasteiger partial charge in [0.2, 0.25) is 0 Å². The van der Waals surface area contributed by atoms with Crippen molar-refractivity contribution in [1.29, 1.82) is 0 Å². The van der Waals surface area contributed by atoms with Crippen LogP contribution in [0.2, 0.25) is 0 Å². The predicted molar refractivity (Wildman–Crippen MR) is 51.1 cm³/mol. The number of carboxylic acids is 1. The largest absolute Gasteiger partial charge is 0.480 e. The summed E-state index contributed by atoms with van der Waals surface area (Å²) in [5.41, 5.74) is 0.610. The van der Waals surface area contributed by atoms with Crippen molar-refractivity contribution in [2.45, 2.75) is 12.5 Å². The number of carbonyl (C=O) groups excluding carboxylic acids is 1. The maximum Gasteiger partial charge on any atom is 0.329 e. The smallest absolute Gasteiger partial charge is 0.329 e. The first-order valence-electron chi connectivity index (χ1n) is 4.44. The summed E-state index contributed by atoms with van der Waals surface area (Å²) in [7, 11) is 0. The Morgan fingerprint density at radius 3 is 2.73 bits per heavy atom. The van der Waals surface area contributed by atoms with Crippen LogP contribution in [0.5, 0.6) is 0 Å². The normalized spacial score (nSPS) is 19.9. The maximum atomic E-state index is 11.5. The Labute approximate surface area is 85.5 Å². The Bertz CT molecular complexity index is 429. The van der Waals surface area contributed by atoms with Gasteiger partial charge in [0, 0.05) is 12.0 Å². The molecule has 0 amide bonds. The van der Waals surface area contributed by atoms with Crippen molar-refractivity contribution in [2.24, 2.45) is 0 Å². The summed E-state index contributed by atoms with van der Waals surface area (Å²) in [4.78, 5) is 22.3. The molecule has 0 aromatic heterocycles. The van der Waals surface area contributed by atoms with Gasteiger partial charge in [0.1, 0.15) is 0 Å². The van der Waals surface area contributed by atoms with Gasteiger partial charge in [-0.3, -0.25) is 10.0 Å². The number of hydroxylamine groups is 1. The summed E-state index contributed by atoms with van der Waals surface area (Å²) in [6.45, 7) is 0. The topological polar surface area (TPSA) is 77.8 Å². The number of ketones is 1. The van der Waals surface area contributed by atoms with Gasteiger partial charge in [0.05, 0.1) is 5.69 Å². The Morgan fingerprint density at radius 2 is 2.07 bits per heavy atom. The number of aliphatic carboxylic acids is 1. The molecule has 0 radical (unpaired) electrons. The van der Waals surface area contributed by atoms with Crippen molar-refractivity contribution in [3.63, 3.8) is 0 Å². The van der Waals surface area contributed by atoms with Crippen LogP contribution in [0.25, 0.3) is 0 Å². The van der Waals surface area contributed by atoms with E-state index in [2.05, 4.69) is 0 Å². The molecule has 1 atom stereocenters. The number of fused-ring (bicyclic) bond motifs is 1. The van der Waals surface area contributed by atoms with E-state index in [1.54, 1.807) is 18.2 Å². The summed E-state index contributed by atoms with van der Waals surface area (Å²) < 4.78 is 0. The van der Waals surface area contributed by atoms with Gasteiger partial charge < -0.3 is 5.11 Å². The molecular formula is C10H9NO4. The van der Waals surface area contributed by atoms with Crippen LogP contribution in [0, 0.1) is 0 Å². The van der Waals surface area contributed by atoms with Gasteiger partial charge >= 0.3 is 5.97 Å². The maximum absolute atomic E-state index is 11.5. The number of hydrogen-bond acceptors (Lipinski definition) is 4. The van der Waals surface area contributed by atoms with E-state index in [1.165, 1.54) is 6.07 Å². The Hall–Kier alpha value is -1.88. The van der Waals surface area contributed by atoms with E-state index in [-0.39, 0.29) is 17.9 Å². The van der Waals surface area contributed by atoms with Gasteiger partial charge in [-0.25, -0.2) is 9.86 Å². The molecule has 1 unspecified atom stereocenters. The van der Waals surface area contributed by atoms with Gasteiger partial charge in [0.15, 0.2) is 11.8 Å². The Balaban J connectivity index is 2.48. The molecule has 5 nitrogen and oxygen atoms in total. The number of benzene rings is 1. The van der Waals surface area contributed by atoms with Crippen molar-refractivity contribution in [3.05, 3.63) is 29.8 Å². The lowest BCUT2D eigenvalue weighted by atomic mass is 9.96. The number of anilines is 1. The zero-order valence-corrected chi connectivity index (χ0v) is 7.75. The Kier molecular flexibility index (Phi) is 2.17. The van der Waals surface area contributed by atoms with E-state index in [9.17, 15) is 14.8 Å². The van der Waals surface area contributed by atoms with Crippen LogP contribution in [0.3, 0.4) is 0 Å². The number of carbonyl (C=O) groups is 2. The van der Waals surface area contributed by atoms with Crippen molar-refractivity contribution in [3.8, 4) is 0 Å². The van der Waals surface area contributed by atoms with E-state index >= 15 is 0 Å². The molecular weight excluding hydrogens is 198 g/mol. The molecule has 0 fully saturated rings. The third-order valence-corrected chi connectivity index (χ3v) is 2.41. The fourth-order valence-electron chi connectivity index (χ4n) is 1.64. The van der Waals surface area contributed by atoms with Crippen LogP contribution in [-0.2, 0) is 4.79 Å². The number of hydrogen-bond donors (Lipinski definition) is 2. The molecule has 0 spiro atoms. The minimum Gasteiger partial charge on any atom is -0.480 e. The molecule has 0 saturated carbocycles. The summed E-state index contributed by atoms with van der Waals surface area (Å²) in [6, 6.07) is 5.21. The molecule has 1 aromatic carbocycles. The molecule has 0 saturated heterocycles. The molecule has 1 aromatic rings. The molecule has 0 bridgehead atoms. The zero-order valence-electron chi connectivity index (χ0n) is 7.75. The van der Waals surface area contributed by atoms with Crippen molar-refractivity contribution in [1.82, 2.24) is 0 Å². The lowest BCUT2D eigenvalue weighted by Gasteiger charge is -2.29. The Morgan fingerprint density at radius 1 is 1.40 bits per heavy atom. The first-order chi connectivity index (χ1) is 7.11. The second kappa shape index (κ2) is 3.36. The monoisotopic (exact) mass is 207 g/mol. The second-order valence-corrected chi connectivity index (χ2v) is 3.34. The standard InChI is InChI=1S/C10H9NO4/c12-9-5-8(10(13)14)11(15)7-4-2-1-3-6(7)9/h1-4,8,15H,5H2,(H,13,14). The molecule has 1 heterocycles. The van der Waals surface area contributed by atoms with Crippen molar-refractivity contribution in [2.75, 3.05) is 5.06 Å². The molecule has 5 heteroatoms. The molecule has 15 heavy (non-hydrogen) atoms. The molecule has 2 rings (SSSR count). The molecule has 78 valence electrons. The van der Waals surface area contributed by atoms with Crippen LogP contribution in [0.15, 0.2) is 24.3 Å². The summed E-state index contributed by atoms with van der Waals surface area (Å²) in [5, 5.41) is 19.0. The van der Waals surface area contributed by atoms with Gasteiger partial charge in [-0.2, -0.15) is 0 Å². The van der Waals surface area contributed by atoms with Gasteiger partial charge in [-0.1, -0.05) is 12.1 Å². The molecule has 0 aliphatic carbocycles. The fraction of sp³-hybridized carbons (Fsp3) is 0.200. The van der Waals surface area contributed by atoms with Crippen LogP contribution >= 0.6 is 0 Å². The van der Waals surface area contributed by atoms with Crippen molar-refractivity contribution < 1.29 is 19.9 Å². The first-order valence-corrected chi connectivity index (χ1v) is 4.44. The lowest BCUT2D eigenvalue weighted by Crippen LogP contribution is -2.44. The third kappa shape index (κ3) is 1.46. The third-order valence-electron chi connectivity index (χ3n) is 2.41. The number of nitrogens with zero attached hydrogens (tertiary/aromatic N) is 1. The predicted octanol–water partition coefficient (Wildman–Crippen LogP) is 0.922. The molecule has 2 N–H and O–H groups in total. The van der Waals surface area contributed by atoms with E-state index < -0.39 is 12.0 Å². The summed E-state index contributed by atoms with van der Waals surface area (Å²) >= 11 is 0. The van der Waals surface area contributed by atoms with Crippen LogP contribution < -0.4 is 5.06 Å². The average Bonchev–Trinajstić information content (AvgIpc) is 2.23. The zero-order chi connectivity index (χ0) is 11.0. The minimum absolute atomic E-state index is 0.206. The summed E-state index contributed by atoms with van der Waals surface area (Å²) in [5.74, 6) is -1.47. The van der Waals surface area contributed by atoms with Gasteiger partial charge in [-0.05, 0) is 12.1 Å². The lowest BCUT2D eigenvalue weighted by molar-refractivity contribution is -0.140. The minimum atomic E-state index is -1.21. The van der Waals surface area contributed by atoms with E-state index in [1.807, 2.05) is 0 Å². The second-order valence-electron chi connectivity index (χ2n) is 3.34. The number of Topliss-reactive ketones (excluding diaryl/α,β-unsaturated/α-hetero) is 1. The summed E-state index contributed by atoms with van der Waals surface area (Å²) in [6.07, 6.45) is -0.206. The van der Waals surface area contributed by atoms with Crippen LogP contribution in [0.1, 0.15) is 16.8 Å². The SMILES string of the molecule is O=C1CC(C(=O)O)N(O)c2ccccc21. The quantitative estimate of drug-likeness (QED) is 0.716. The van der Waals surface area contributed by atoms with Gasteiger partial charge in [0.25, 0.3) is 0 Å². The van der Waals surface area contributed by atoms with Crippen molar-refractivity contribution >= 4 is 17.4 Å². The fourth-order valence-corrected chi connectivity index (χ4v) is 1.64. The highest BCUT2D eigenvalue weighted by molar-refractivity contribution is 6.06. The molecule has 1 aliphatic heterocycles. The van der Waals surface area contributed by atoms with E-state index in [0.29, 0.717) is 10.6 Å². The number of rotatable bonds is 1. The first kappa shape index (κ1) is 9.67. The van der Waals surface area contributed by atoms with Gasteiger partial charge in [-0.15, -0.1) is 0 Å². The van der Waals surface area contributed by atoms with E-state index in [0.717, 1.165) is 0 Å². The van der Waals surface area contributed by atoms with Crippen LogP contribution in [-0.4, -0.2) is 28.1 Å². The van der Waals surface area contributed by atoms with E-state index in [4.69, 9.17) is 5.11 Å². The van der Waals surface area contributed by atoms with Crippen LogP contribution in [0.4, 0.5) is 5.69 Å². The highest BCUT2D eigenvalue weighted by Gasteiger charge is 2.35. The number of para-hydroxylation sites is 1. The molecule has 1 aliphatic rings. The number of carboxylic acid groups (broad SMARTS) is 1.